The zero-order chi connectivity index (χ0) is 23.3. The molecular formula is C24H18N4O5S. The normalized spacial score (nSPS) is 15.1. The molecule has 1 amide bonds. The summed E-state index contributed by atoms with van der Waals surface area (Å²) in [6.07, 6.45) is 6.64. The van der Waals surface area contributed by atoms with Gasteiger partial charge in [0.2, 0.25) is 5.88 Å². The van der Waals surface area contributed by atoms with Gasteiger partial charge in [-0.3, -0.25) is 9.78 Å². The van der Waals surface area contributed by atoms with Crippen LogP contribution in [0.2, 0.25) is 0 Å². The average Bonchev–Trinajstić information content (AvgIpc) is 3.64. The van der Waals surface area contributed by atoms with Crippen LogP contribution in [-0.2, 0) is 9.53 Å². The van der Waals surface area contributed by atoms with E-state index in [2.05, 4.69) is 15.1 Å². The Labute approximate surface area is 198 Å². The molecule has 170 valence electrons. The zero-order valence-electron chi connectivity index (χ0n) is 17.7. The molecule has 5 rings (SSSR count). The Kier molecular flexibility index (Phi) is 6.13. The smallest absolute Gasteiger partial charge is 0.344 e. The number of hydrazone groups is 1. The predicted molar refractivity (Wildman–Crippen MR) is 123 cm³/mol. The number of pyridine rings is 2. The van der Waals surface area contributed by atoms with Gasteiger partial charge in [-0.15, -0.1) is 11.3 Å². The molecule has 9 nitrogen and oxygen atoms in total. The number of furan rings is 1. The molecule has 5 heterocycles. The minimum Gasteiger partial charge on any atom is -0.467 e. The van der Waals surface area contributed by atoms with Crippen LogP contribution < -0.4 is 4.74 Å². The fourth-order valence-corrected chi connectivity index (χ4v) is 4.17. The van der Waals surface area contributed by atoms with Crippen molar-refractivity contribution >= 4 is 28.9 Å². The van der Waals surface area contributed by atoms with Crippen LogP contribution in [0.4, 0.5) is 0 Å². The standard InChI is InChI=1S/C24H18N4O5S/c29-22(28-19(20-7-3-11-31-20)13-18(27-28)21-8-4-12-34-21)15-32-24(30)17-6-2-10-26-23(17)33-16-5-1-9-25-14-16/h1-12,14,19H,13,15H2. The molecule has 1 aliphatic heterocycles. The quantitative estimate of drug-likeness (QED) is 0.364. The van der Waals surface area contributed by atoms with E-state index in [4.69, 9.17) is 13.9 Å². The maximum Gasteiger partial charge on any atom is 0.344 e. The predicted octanol–water partition coefficient (Wildman–Crippen LogP) is 4.46. The summed E-state index contributed by atoms with van der Waals surface area (Å²) < 4.78 is 16.5. The average molecular weight is 474 g/mol. The molecule has 0 N–H and O–H groups in total. The highest BCUT2D eigenvalue weighted by molar-refractivity contribution is 7.12. The van der Waals surface area contributed by atoms with Crippen molar-refractivity contribution in [3.05, 3.63) is 95.0 Å². The number of carbonyl (C=O) groups is 2. The van der Waals surface area contributed by atoms with Gasteiger partial charge in [0.25, 0.3) is 5.91 Å². The molecule has 0 bridgehead atoms. The minimum atomic E-state index is -0.739. The molecule has 4 aromatic heterocycles. The number of nitrogens with zero attached hydrogens (tertiary/aromatic N) is 4. The first kappa shape index (κ1) is 21.5. The molecule has 1 atom stereocenters. The lowest BCUT2D eigenvalue weighted by Crippen LogP contribution is -2.31. The SMILES string of the molecule is O=C(OCC(=O)N1N=C(c2cccs2)CC1c1ccco1)c1cccnc1Oc1cccnc1. The molecule has 0 radical (unpaired) electrons. The number of esters is 1. The van der Waals surface area contributed by atoms with Crippen molar-refractivity contribution in [3.63, 3.8) is 0 Å². The van der Waals surface area contributed by atoms with Gasteiger partial charge >= 0.3 is 5.97 Å². The fourth-order valence-electron chi connectivity index (χ4n) is 3.45. The molecule has 10 heteroatoms. The van der Waals surface area contributed by atoms with Gasteiger partial charge < -0.3 is 13.9 Å². The fraction of sp³-hybridized carbons (Fsp3) is 0.125. The van der Waals surface area contributed by atoms with E-state index in [1.807, 2.05) is 17.5 Å². The first-order chi connectivity index (χ1) is 16.7. The van der Waals surface area contributed by atoms with Crippen molar-refractivity contribution in [2.45, 2.75) is 12.5 Å². The van der Waals surface area contributed by atoms with E-state index in [1.165, 1.54) is 23.5 Å². The summed E-state index contributed by atoms with van der Waals surface area (Å²) in [7, 11) is 0. The zero-order valence-corrected chi connectivity index (χ0v) is 18.6. The largest absolute Gasteiger partial charge is 0.467 e. The summed E-state index contributed by atoms with van der Waals surface area (Å²) in [4.78, 5) is 34.8. The summed E-state index contributed by atoms with van der Waals surface area (Å²) >= 11 is 1.54. The van der Waals surface area contributed by atoms with Crippen molar-refractivity contribution in [2.75, 3.05) is 6.61 Å². The summed E-state index contributed by atoms with van der Waals surface area (Å²) in [6, 6.07) is 13.5. The molecule has 0 spiro atoms. The van der Waals surface area contributed by atoms with Crippen molar-refractivity contribution in [3.8, 4) is 11.6 Å². The Bertz CT molecular complexity index is 1310. The molecule has 0 saturated heterocycles. The van der Waals surface area contributed by atoms with Gasteiger partial charge in [-0.1, -0.05) is 6.07 Å². The van der Waals surface area contributed by atoms with E-state index in [-0.39, 0.29) is 11.4 Å². The van der Waals surface area contributed by atoms with Gasteiger partial charge in [-0.05, 0) is 47.8 Å². The summed E-state index contributed by atoms with van der Waals surface area (Å²) in [6.45, 7) is -0.501. The molecule has 0 aliphatic carbocycles. The van der Waals surface area contributed by atoms with Crippen molar-refractivity contribution in [1.29, 1.82) is 0 Å². The van der Waals surface area contributed by atoms with Gasteiger partial charge in [-0.25, -0.2) is 14.8 Å². The molecule has 4 aromatic rings. The lowest BCUT2D eigenvalue weighted by Gasteiger charge is -2.19. The number of thiophene rings is 1. The first-order valence-electron chi connectivity index (χ1n) is 10.4. The van der Waals surface area contributed by atoms with Crippen molar-refractivity contribution < 1.29 is 23.5 Å². The van der Waals surface area contributed by atoms with Crippen LogP contribution in [0.3, 0.4) is 0 Å². The van der Waals surface area contributed by atoms with Gasteiger partial charge in [0.05, 0.1) is 23.0 Å². The lowest BCUT2D eigenvalue weighted by molar-refractivity contribution is -0.136. The van der Waals surface area contributed by atoms with Gasteiger partial charge in [0, 0.05) is 18.8 Å². The highest BCUT2D eigenvalue weighted by Gasteiger charge is 2.35. The van der Waals surface area contributed by atoms with Crippen LogP contribution in [0, 0.1) is 0 Å². The van der Waals surface area contributed by atoms with Gasteiger partial charge in [0.1, 0.15) is 23.1 Å². The van der Waals surface area contributed by atoms with Crippen LogP contribution in [0.1, 0.15) is 33.5 Å². The van der Waals surface area contributed by atoms with Crippen LogP contribution in [0.25, 0.3) is 0 Å². The molecule has 1 aliphatic rings. The Hall–Kier alpha value is -4.31. The van der Waals surface area contributed by atoms with Gasteiger partial charge in [-0.2, -0.15) is 5.10 Å². The van der Waals surface area contributed by atoms with E-state index >= 15 is 0 Å². The van der Waals surface area contributed by atoms with Crippen LogP contribution in [0.5, 0.6) is 11.6 Å². The molecule has 34 heavy (non-hydrogen) atoms. The van der Waals surface area contributed by atoms with E-state index in [9.17, 15) is 9.59 Å². The maximum atomic E-state index is 13.0. The summed E-state index contributed by atoms with van der Waals surface area (Å²) in [5.41, 5.74) is 0.862. The van der Waals surface area contributed by atoms with Crippen LogP contribution >= 0.6 is 11.3 Å². The number of amides is 1. The highest BCUT2D eigenvalue weighted by Crippen LogP contribution is 2.34. The highest BCUT2D eigenvalue weighted by atomic mass is 32.1. The number of hydrogen-bond donors (Lipinski definition) is 0. The maximum absolute atomic E-state index is 13.0. The molecule has 0 fully saturated rings. The Balaban J connectivity index is 1.30. The number of aromatic nitrogens is 2. The van der Waals surface area contributed by atoms with Crippen LogP contribution in [-0.4, -0.2) is 39.2 Å². The molecule has 0 aromatic carbocycles. The van der Waals surface area contributed by atoms with E-state index in [1.54, 1.807) is 54.1 Å². The number of rotatable bonds is 7. The number of carbonyl (C=O) groups excluding carboxylic acids is 2. The number of hydrogen-bond acceptors (Lipinski definition) is 9. The third-order valence-corrected chi connectivity index (χ3v) is 5.93. The Morgan fingerprint density at radius 3 is 2.79 bits per heavy atom. The monoisotopic (exact) mass is 474 g/mol. The van der Waals surface area contributed by atoms with E-state index in [0.29, 0.717) is 17.9 Å². The summed E-state index contributed by atoms with van der Waals surface area (Å²) in [5, 5.41) is 7.77. The minimum absolute atomic E-state index is 0.0561. The van der Waals surface area contributed by atoms with Crippen LogP contribution in [0.15, 0.2) is 88.3 Å². The van der Waals surface area contributed by atoms with Crippen molar-refractivity contribution in [2.24, 2.45) is 5.10 Å². The van der Waals surface area contributed by atoms with Gasteiger partial charge in [0.15, 0.2) is 6.61 Å². The van der Waals surface area contributed by atoms with E-state index < -0.39 is 24.5 Å². The topological polar surface area (TPSA) is 107 Å². The second kappa shape index (κ2) is 9.67. The third kappa shape index (κ3) is 4.57. The third-order valence-electron chi connectivity index (χ3n) is 5.01. The van der Waals surface area contributed by atoms with Crippen molar-refractivity contribution in [1.82, 2.24) is 15.0 Å². The molecule has 1 unspecified atom stereocenters. The molecule has 0 saturated carbocycles. The molecular weight excluding hydrogens is 456 g/mol. The second-order valence-electron chi connectivity index (χ2n) is 7.22. The Morgan fingerprint density at radius 1 is 1.12 bits per heavy atom. The second-order valence-corrected chi connectivity index (χ2v) is 8.17. The van der Waals surface area contributed by atoms with E-state index in [0.717, 1.165) is 10.6 Å². The first-order valence-corrected chi connectivity index (χ1v) is 11.2. The Morgan fingerprint density at radius 2 is 2.03 bits per heavy atom. The lowest BCUT2D eigenvalue weighted by atomic mass is 10.1. The number of ether oxygens (including phenoxy) is 2. The summed E-state index contributed by atoms with van der Waals surface area (Å²) in [5.74, 6) is -0.133.